The Kier molecular flexibility index (Phi) is 3.49. The maximum atomic E-state index is 15.0. The van der Waals surface area contributed by atoms with Crippen molar-refractivity contribution in [2.45, 2.75) is 12.8 Å². The Balaban J connectivity index is 2.03. The van der Waals surface area contributed by atoms with Gasteiger partial charge in [0.1, 0.15) is 10.7 Å². The van der Waals surface area contributed by atoms with Gasteiger partial charge >= 0.3 is 5.97 Å². The Labute approximate surface area is 140 Å². The molecule has 1 N–H and O–H groups in total. The standard InChI is InChI=1S/C18H12F2O3S/c19-10-4-6-11-13(8-10)24-17(18(21)22)14(11)12-5-3-9-2-1-7-23-16(9)15(12)20/h3-6,8H,1-2,7H2,(H,21,22). The number of carboxylic acid groups (broad SMARTS) is 1. The maximum Gasteiger partial charge on any atom is 0.346 e. The summed E-state index contributed by atoms with van der Waals surface area (Å²) in [5.74, 6) is -1.98. The lowest BCUT2D eigenvalue weighted by atomic mass is 9.97. The Morgan fingerprint density at radius 1 is 1.21 bits per heavy atom. The van der Waals surface area contributed by atoms with Crippen molar-refractivity contribution in [3.05, 3.63) is 52.4 Å². The third kappa shape index (κ3) is 2.26. The second-order valence-electron chi connectivity index (χ2n) is 5.62. The molecule has 6 heteroatoms. The van der Waals surface area contributed by atoms with Gasteiger partial charge in [-0.2, -0.15) is 0 Å². The number of aryl methyl sites for hydroxylation is 1. The molecule has 122 valence electrons. The van der Waals surface area contributed by atoms with Crippen molar-refractivity contribution in [1.29, 1.82) is 0 Å². The van der Waals surface area contributed by atoms with Crippen molar-refractivity contribution in [1.82, 2.24) is 0 Å². The molecule has 1 aliphatic rings. The van der Waals surface area contributed by atoms with Crippen LogP contribution in [0.3, 0.4) is 0 Å². The molecule has 0 aliphatic carbocycles. The van der Waals surface area contributed by atoms with Gasteiger partial charge in [-0.3, -0.25) is 0 Å². The van der Waals surface area contributed by atoms with Gasteiger partial charge in [-0.25, -0.2) is 13.6 Å². The molecule has 1 aliphatic heterocycles. The summed E-state index contributed by atoms with van der Waals surface area (Å²) < 4.78 is 34.3. The lowest BCUT2D eigenvalue weighted by Crippen LogP contribution is -2.10. The highest BCUT2D eigenvalue weighted by molar-refractivity contribution is 7.21. The van der Waals surface area contributed by atoms with E-state index in [-0.39, 0.29) is 21.8 Å². The minimum atomic E-state index is -1.16. The van der Waals surface area contributed by atoms with Gasteiger partial charge in [-0.15, -0.1) is 11.3 Å². The highest BCUT2D eigenvalue weighted by Gasteiger charge is 2.25. The topological polar surface area (TPSA) is 46.5 Å². The van der Waals surface area contributed by atoms with Crippen LogP contribution < -0.4 is 4.74 Å². The number of carboxylic acids is 1. The fraction of sp³-hybridized carbons (Fsp3) is 0.167. The number of carbonyl (C=O) groups is 1. The Bertz CT molecular complexity index is 978. The number of fused-ring (bicyclic) bond motifs is 2. The molecule has 24 heavy (non-hydrogen) atoms. The van der Waals surface area contributed by atoms with E-state index in [4.69, 9.17) is 4.74 Å². The van der Waals surface area contributed by atoms with Gasteiger partial charge in [0.25, 0.3) is 0 Å². The van der Waals surface area contributed by atoms with Crippen LogP contribution in [0.15, 0.2) is 30.3 Å². The molecule has 0 saturated heterocycles. The van der Waals surface area contributed by atoms with E-state index in [1.165, 1.54) is 18.2 Å². The quantitative estimate of drug-likeness (QED) is 0.720. The summed E-state index contributed by atoms with van der Waals surface area (Å²) in [6.07, 6.45) is 1.56. The normalized spacial score (nSPS) is 13.6. The zero-order chi connectivity index (χ0) is 16.8. The summed E-state index contributed by atoms with van der Waals surface area (Å²) in [5, 5.41) is 10.0. The fourth-order valence-corrected chi connectivity index (χ4v) is 4.15. The number of hydrogen-bond acceptors (Lipinski definition) is 3. The van der Waals surface area contributed by atoms with E-state index in [0.717, 1.165) is 29.7 Å². The van der Waals surface area contributed by atoms with Gasteiger partial charge in [-0.05, 0) is 36.6 Å². The highest BCUT2D eigenvalue weighted by atomic mass is 32.1. The molecule has 0 amide bonds. The minimum absolute atomic E-state index is 0.00902. The molecular formula is C18H12F2O3S. The lowest BCUT2D eigenvalue weighted by molar-refractivity contribution is 0.0703. The van der Waals surface area contributed by atoms with E-state index >= 15 is 0 Å². The molecule has 2 aromatic carbocycles. The van der Waals surface area contributed by atoms with Gasteiger partial charge in [0.05, 0.1) is 6.61 Å². The number of ether oxygens (including phenoxy) is 1. The second-order valence-corrected chi connectivity index (χ2v) is 6.67. The van der Waals surface area contributed by atoms with Crippen LogP contribution in [-0.4, -0.2) is 17.7 Å². The number of rotatable bonds is 2. The van der Waals surface area contributed by atoms with Crippen LogP contribution in [-0.2, 0) is 6.42 Å². The third-order valence-corrected chi connectivity index (χ3v) is 5.27. The fourth-order valence-electron chi connectivity index (χ4n) is 3.07. The first-order valence-electron chi connectivity index (χ1n) is 7.46. The Morgan fingerprint density at radius 2 is 2.04 bits per heavy atom. The minimum Gasteiger partial charge on any atom is -0.490 e. The average Bonchev–Trinajstić information content (AvgIpc) is 2.94. The van der Waals surface area contributed by atoms with Gasteiger partial charge in [0, 0.05) is 21.2 Å². The Hall–Kier alpha value is -2.47. The smallest absolute Gasteiger partial charge is 0.346 e. The third-order valence-electron chi connectivity index (χ3n) is 4.13. The SMILES string of the molecule is O=C(O)c1sc2cc(F)ccc2c1-c1ccc2c(c1F)OCCC2. The highest BCUT2D eigenvalue weighted by Crippen LogP contribution is 2.43. The van der Waals surface area contributed by atoms with Crippen molar-refractivity contribution in [3.8, 4) is 16.9 Å². The predicted molar refractivity (Wildman–Crippen MR) is 88.0 cm³/mol. The molecule has 0 spiro atoms. The predicted octanol–water partition coefficient (Wildman–Crippen LogP) is 4.87. The van der Waals surface area contributed by atoms with Gasteiger partial charge in [-0.1, -0.05) is 12.1 Å². The summed E-state index contributed by atoms with van der Waals surface area (Å²) in [6, 6.07) is 7.36. The molecule has 0 unspecified atom stereocenters. The first-order chi connectivity index (χ1) is 11.6. The zero-order valence-electron chi connectivity index (χ0n) is 12.4. The average molecular weight is 346 g/mol. The molecule has 0 radical (unpaired) electrons. The van der Waals surface area contributed by atoms with E-state index in [1.54, 1.807) is 12.1 Å². The molecule has 2 heterocycles. The molecule has 4 rings (SSSR count). The largest absolute Gasteiger partial charge is 0.490 e. The monoisotopic (exact) mass is 346 g/mol. The van der Waals surface area contributed by atoms with Crippen LogP contribution >= 0.6 is 11.3 Å². The zero-order valence-corrected chi connectivity index (χ0v) is 13.3. The summed E-state index contributed by atoms with van der Waals surface area (Å²) in [6.45, 7) is 0.439. The van der Waals surface area contributed by atoms with Crippen LogP contribution in [0.25, 0.3) is 21.2 Å². The molecule has 3 aromatic rings. The molecule has 0 fully saturated rings. The van der Waals surface area contributed by atoms with Crippen molar-refractivity contribution < 1.29 is 23.4 Å². The summed E-state index contributed by atoms with van der Waals surface area (Å²) in [4.78, 5) is 11.6. The molecule has 3 nitrogen and oxygen atoms in total. The van der Waals surface area contributed by atoms with Crippen LogP contribution in [0.5, 0.6) is 5.75 Å². The summed E-state index contributed by atoms with van der Waals surface area (Å²) in [5.41, 5.74) is 1.23. The second kappa shape index (κ2) is 5.56. The first-order valence-corrected chi connectivity index (χ1v) is 8.28. The van der Waals surface area contributed by atoms with E-state index in [9.17, 15) is 18.7 Å². The van der Waals surface area contributed by atoms with Crippen LogP contribution in [0.1, 0.15) is 21.7 Å². The van der Waals surface area contributed by atoms with E-state index in [2.05, 4.69) is 0 Å². The molecule has 0 saturated carbocycles. The van der Waals surface area contributed by atoms with E-state index in [1.807, 2.05) is 0 Å². The molecule has 0 atom stereocenters. The summed E-state index contributed by atoms with van der Waals surface area (Å²) >= 11 is 0.940. The number of halogens is 2. The lowest BCUT2D eigenvalue weighted by Gasteiger charge is -2.19. The van der Waals surface area contributed by atoms with Gasteiger partial charge in [0.2, 0.25) is 0 Å². The number of thiophene rings is 1. The van der Waals surface area contributed by atoms with Crippen molar-refractivity contribution in [2.24, 2.45) is 0 Å². The molecular weight excluding hydrogens is 334 g/mol. The molecule has 0 bridgehead atoms. The number of hydrogen-bond donors (Lipinski definition) is 1. The van der Waals surface area contributed by atoms with E-state index in [0.29, 0.717) is 16.7 Å². The maximum absolute atomic E-state index is 15.0. The van der Waals surface area contributed by atoms with Gasteiger partial charge < -0.3 is 9.84 Å². The first kappa shape index (κ1) is 15.1. The Morgan fingerprint density at radius 3 is 2.83 bits per heavy atom. The number of aromatic carboxylic acids is 1. The summed E-state index contributed by atoms with van der Waals surface area (Å²) in [7, 11) is 0. The van der Waals surface area contributed by atoms with Crippen molar-refractivity contribution in [2.75, 3.05) is 6.61 Å². The van der Waals surface area contributed by atoms with Crippen LogP contribution in [0, 0.1) is 11.6 Å². The van der Waals surface area contributed by atoms with Crippen molar-refractivity contribution >= 4 is 27.4 Å². The molecule has 1 aromatic heterocycles. The van der Waals surface area contributed by atoms with Crippen LogP contribution in [0.2, 0.25) is 0 Å². The van der Waals surface area contributed by atoms with Crippen LogP contribution in [0.4, 0.5) is 8.78 Å². The van der Waals surface area contributed by atoms with Gasteiger partial charge in [0.15, 0.2) is 11.6 Å². The van der Waals surface area contributed by atoms with E-state index < -0.39 is 17.6 Å². The van der Waals surface area contributed by atoms with Crippen molar-refractivity contribution in [3.63, 3.8) is 0 Å². The number of benzene rings is 2.